The summed E-state index contributed by atoms with van der Waals surface area (Å²) < 4.78 is 0. The molecule has 19 heavy (non-hydrogen) atoms. The fraction of sp³-hybridized carbons (Fsp3) is 0.643. The van der Waals surface area contributed by atoms with Gasteiger partial charge in [-0.25, -0.2) is 0 Å². The van der Waals surface area contributed by atoms with Gasteiger partial charge in [0.25, 0.3) is 5.91 Å². The van der Waals surface area contributed by atoms with Gasteiger partial charge in [-0.1, -0.05) is 12.8 Å². The van der Waals surface area contributed by atoms with Crippen molar-refractivity contribution in [3.63, 3.8) is 0 Å². The van der Waals surface area contributed by atoms with Crippen LogP contribution in [0.1, 0.15) is 43.1 Å². The minimum absolute atomic E-state index is 0.0394. The molecular formula is C14H22N4O. The smallest absolute Gasteiger partial charge is 0.274 e. The summed E-state index contributed by atoms with van der Waals surface area (Å²) in [5, 5.41) is 11.0. The van der Waals surface area contributed by atoms with Gasteiger partial charge in [0, 0.05) is 20.1 Å². The number of anilines is 1. The van der Waals surface area contributed by atoms with Gasteiger partial charge in [-0.2, -0.15) is 0 Å². The van der Waals surface area contributed by atoms with Crippen LogP contribution in [0, 0.1) is 5.92 Å². The predicted octanol–water partition coefficient (Wildman–Crippen LogP) is 2.17. The minimum atomic E-state index is -0.0394. The average molecular weight is 262 g/mol. The molecule has 5 heteroatoms. The van der Waals surface area contributed by atoms with Crippen LogP contribution in [0.25, 0.3) is 0 Å². The van der Waals surface area contributed by atoms with E-state index in [4.69, 9.17) is 0 Å². The van der Waals surface area contributed by atoms with Crippen molar-refractivity contribution < 1.29 is 4.79 Å². The highest BCUT2D eigenvalue weighted by molar-refractivity contribution is 5.92. The van der Waals surface area contributed by atoms with Crippen LogP contribution in [0.15, 0.2) is 12.1 Å². The van der Waals surface area contributed by atoms with Crippen molar-refractivity contribution in [2.45, 2.75) is 32.6 Å². The lowest BCUT2D eigenvalue weighted by Crippen LogP contribution is -2.31. The summed E-state index contributed by atoms with van der Waals surface area (Å²) in [5.74, 6) is 1.32. The van der Waals surface area contributed by atoms with Crippen molar-refractivity contribution in [2.24, 2.45) is 5.92 Å². The maximum absolute atomic E-state index is 12.2. The number of rotatable bonds is 5. The van der Waals surface area contributed by atoms with E-state index in [0.29, 0.717) is 17.4 Å². The van der Waals surface area contributed by atoms with Gasteiger partial charge < -0.3 is 10.2 Å². The third-order valence-electron chi connectivity index (χ3n) is 3.60. The molecular weight excluding hydrogens is 240 g/mol. The summed E-state index contributed by atoms with van der Waals surface area (Å²) in [4.78, 5) is 14.0. The molecule has 0 aliphatic heterocycles. The zero-order chi connectivity index (χ0) is 13.7. The van der Waals surface area contributed by atoms with Crippen LogP contribution < -0.4 is 5.32 Å². The van der Waals surface area contributed by atoms with Crippen LogP contribution in [-0.4, -0.2) is 41.1 Å². The fourth-order valence-corrected chi connectivity index (χ4v) is 2.58. The third-order valence-corrected chi connectivity index (χ3v) is 3.60. The fourth-order valence-electron chi connectivity index (χ4n) is 2.58. The second kappa shape index (κ2) is 6.50. The molecule has 0 radical (unpaired) electrons. The van der Waals surface area contributed by atoms with Gasteiger partial charge in [-0.3, -0.25) is 4.79 Å². The van der Waals surface area contributed by atoms with Crippen molar-refractivity contribution in [3.05, 3.63) is 17.8 Å². The van der Waals surface area contributed by atoms with Gasteiger partial charge in [-0.05, 0) is 37.8 Å². The van der Waals surface area contributed by atoms with Crippen LogP contribution in [0.2, 0.25) is 0 Å². The summed E-state index contributed by atoms with van der Waals surface area (Å²) in [7, 11) is 1.85. The molecule has 1 N–H and O–H groups in total. The van der Waals surface area contributed by atoms with Crippen molar-refractivity contribution >= 4 is 11.7 Å². The first-order valence-corrected chi connectivity index (χ1v) is 7.03. The number of hydrogen-bond donors (Lipinski definition) is 1. The summed E-state index contributed by atoms with van der Waals surface area (Å²) >= 11 is 0. The van der Waals surface area contributed by atoms with Gasteiger partial charge in [0.05, 0.1) is 0 Å². The predicted molar refractivity (Wildman–Crippen MR) is 75.1 cm³/mol. The second-order valence-electron chi connectivity index (χ2n) is 5.17. The molecule has 0 unspecified atom stereocenters. The lowest BCUT2D eigenvalue weighted by molar-refractivity contribution is 0.0766. The quantitative estimate of drug-likeness (QED) is 0.883. The molecule has 1 amide bonds. The molecule has 5 nitrogen and oxygen atoms in total. The number of carbonyl (C=O) groups is 1. The first-order chi connectivity index (χ1) is 9.20. The molecule has 0 spiro atoms. The van der Waals surface area contributed by atoms with Crippen molar-refractivity contribution in [3.8, 4) is 0 Å². The van der Waals surface area contributed by atoms with Gasteiger partial charge >= 0.3 is 0 Å². The van der Waals surface area contributed by atoms with Gasteiger partial charge in [0.1, 0.15) is 5.82 Å². The second-order valence-corrected chi connectivity index (χ2v) is 5.17. The lowest BCUT2D eigenvalue weighted by atomic mass is 10.1. The largest absolute Gasteiger partial charge is 0.369 e. The van der Waals surface area contributed by atoms with Crippen molar-refractivity contribution in [1.29, 1.82) is 0 Å². The van der Waals surface area contributed by atoms with E-state index in [9.17, 15) is 4.79 Å². The summed E-state index contributed by atoms with van der Waals surface area (Å²) in [6.45, 7) is 3.62. The highest BCUT2D eigenvalue weighted by atomic mass is 16.2. The van der Waals surface area contributed by atoms with E-state index in [1.54, 1.807) is 17.0 Å². The molecule has 1 aliphatic rings. The lowest BCUT2D eigenvalue weighted by Gasteiger charge is -2.20. The Morgan fingerprint density at radius 2 is 2.11 bits per heavy atom. The zero-order valence-corrected chi connectivity index (χ0v) is 11.7. The van der Waals surface area contributed by atoms with E-state index < -0.39 is 0 Å². The molecule has 0 atom stereocenters. The van der Waals surface area contributed by atoms with Crippen molar-refractivity contribution in [2.75, 3.05) is 25.5 Å². The molecule has 0 saturated heterocycles. The first kappa shape index (κ1) is 13.8. The molecule has 1 aromatic heterocycles. The summed E-state index contributed by atoms with van der Waals surface area (Å²) in [6.07, 6.45) is 5.07. The number of nitrogens with one attached hydrogen (secondary N) is 1. The SMILES string of the molecule is CCNc1ccc(C(=O)N(C)CC2CCCC2)nn1. The maximum atomic E-state index is 12.2. The molecule has 1 aromatic rings. The Bertz CT molecular complexity index is 412. The Morgan fingerprint density at radius 1 is 1.37 bits per heavy atom. The highest BCUT2D eigenvalue weighted by Crippen LogP contribution is 2.25. The van der Waals surface area contributed by atoms with Crippen LogP contribution in [0.5, 0.6) is 0 Å². The Balaban J connectivity index is 1.93. The molecule has 1 fully saturated rings. The molecule has 1 aliphatic carbocycles. The number of carbonyl (C=O) groups excluding carboxylic acids is 1. The normalized spacial score (nSPS) is 15.5. The van der Waals surface area contributed by atoms with Gasteiger partial charge in [0.2, 0.25) is 0 Å². The standard InChI is InChI=1S/C14H22N4O/c1-3-15-13-9-8-12(16-17-13)14(19)18(2)10-11-6-4-5-7-11/h8-9,11H,3-7,10H2,1-2H3,(H,15,17). The summed E-state index contributed by atoms with van der Waals surface area (Å²) in [6, 6.07) is 3.53. The number of nitrogens with zero attached hydrogens (tertiary/aromatic N) is 3. The number of amides is 1. The Kier molecular flexibility index (Phi) is 4.71. The van der Waals surface area contributed by atoms with E-state index >= 15 is 0 Å². The average Bonchev–Trinajstić information content (AvgIpc) is 2.92. The highest BCUT2D eigenvalue weighted by Gasteiger charge is 2.21. The monoisotopic (exact) mass is 262 g/mol. The van der Waals surface area contributed by atoms with Crippen LogP contribution in [-0.2, 0) is 0 Å². The molecule has 2 rings (SSSR count). The van der Waals surface area contributed by atoms with E-state index in [0.717, 1.165) is 13.1 Å². The van der Waals surface area contributed by atoms with Gasteiger partial charge in [-0.15, -0.1) is 10.2 Å². The zero-order valence-electron chi connectivity index (χ0n) is 11.7. The number of aromatic nitrogens is 2. The maximum Gasteiger partial charge on any atom is 0.274 e. The van der Waals surface area contributed by atoms with Gasteiger partial charge in [0.15, 0.2) is 5.69 Å². The molecule has 0 bridgehead atoms. The van der Waals surface area contributed by atoms with E-state index in [2.05, 4.69) is 15.5 Å². The third kappa shape index (κ3) is 3.66. The topological polar surface area (TPSA) is 58.1 Å². The van der Waals surface area contributed by atoms with E-state index in [1.807, 2.05) is 14.0 Å². The van der Waals surface area contributed by atoms with Crippen LogP contribution in [0.4, 0.5) is 5.82 Å². The number of hydrogen-bond acceptors (Lipinski definition) is 4. The Morgan fingerprint density at radius 3 is 2.68 bits per heavy atom. The Hall–Kier alpha value is -1.65. The molecule has 1 saturated carbocycles. The van der Waals surface area contributed by atoms with Crippen LogP contribution >= 0.6 is 0 Å². The van der Waals surface area contributed by atoms with Crippen LogP contribution in [0.3, 0.4) is 0 Å². The minimum Gasteiger partial charge on any atom is -0.369 e. The van der Waals surface area contributed by atoms with E-state index in [1.165, 1.54) is 25.7 Å². The first-order valence-electron chi connectivity index (χ1n) is 7.03. The molecule has 104 valence electrons. The summed E-state index contributed by atoms with van der Waals surface area (Å²) in [5.41, 5.74) is 0.419. The van der Waals surface area contributed by atoms with E-state index in [-0.39, 0.29) is 5.91 Å². The Labute approximate surface area is 114 Å². The molecule has 0 aromatic carbocycles. The molecule has 1 heterocycles. The van der Waals surface area contributed by atoms with Crippen molar-refractivity contribution in [1.82, 2.24) is 15.1 Å².